The molecule has 24 heavy (non-hydrogen) atoms. The van der Waals surface area contributed by atoms with Gasteiger partial charge in [-0.15, -0.1) is 0 Å². The number of rotatable bonds is 5. The molecule has 0 unspecified atom stereocenters. The fourth-order valence-electron chi connectivity index (χ4n) is 2.08. The van der Waals surface area contributed by atoms with E-state index >= 15 is 0 Å². The molecule has 0 aromatic heterocycles. The van der Waals surface area contributed by atoms with E-state index in [-0.39, 0.29) is 0 Å². The maximum absolute atomic E-state index is 5.76. The van der Waals surface area contributed by atoms with E-state index in [1.807, 2.05) is 54.6 Å². The summed E-state index contributed by atoms with van der Waals surface area (Å²) < 4.78 is 0. The van der Waals surface area contributed by atoms with Gasteiger partial charge in [-0.05, 0) is 48.9 Å². The van der Waals surface area contributed by atoms with Gasteiger partial charge in [-0.25, -0.2) is 0 Å². The van der Waals surface area contributed by atoms with Crippen molar-refractivity contribution in [1.29, 1.82) is 0 Å². The highest BCUT2D eigenvalue weighted by Gasteiger charge is 2.04. The summed E-state index contributed by atoms with van der Waals surface area (Å²) in [5, 5.41) is 4.51. The summed E-state index contributed by atoms with van der Waals surface area (Å²) in [6.07, 6.45) is 4.97. The molecule has 5 N–H and O–H groups in total. The van der Waals surface area contributed by atoms with Crippen LogP contribution in [0.2, 0.25) is 0 Å². The highest BCUT2D eigenvalue weighted by atomic mass is 15.3. The van der Waals surface area contributed by atoms with E-state index in [4.69, 9.17) is 11.5 Å². The Labute approximate surface area is 142 Å². The second-order valence-corrected chi connectivity index (χ2v) is 5.24. The Kier molecular flexibility index (Phi) is 6.14. The first kappa shape index (κ1) is 17.3. The number of benzene rings is 2. The third-order valence-electron chi connectivity index (χ3n) is 3.41. The lowest BCUT2D eigenvalue weighted by Crippen LogP contribution is -2.21. The van der Waals surface area contributed by atoms with Crippen molar-refractivity contribution < 1.29 is 0 Å². The molecule has 0 amide bonds. The smallest absolute Gasteiger partial charge is 0.148 e. The summed E-state index contributed by atoms with van der Waals surface area (Å²) in [4.78, 5) is 4.26. The van der Waals surface area contributed by atoms with Crippen molar-refractivity contribution in [3.63, 3.8) is 0 Å². The quantitative estimate of drug-likeness (QED) is 0.342. The normalized spacial score (nSPS) is 12.6. The van der Waals surface area contributed by atoms with Crippen LogP contribution in [0.4, 0.5) is 11.4 Å². The molecule has 0 aliphatic rings. The van der Waals surface area contributed by atoms with E-state index in [9.17, 15) is 0 Å². The van der Waals surface area contributed by atoms with E-state index in [1.54, 1.807) is 7.05 Å². The molecule has 5 heteroatoms. The Morgan fingerprint density at radius 1 is 0.958 bits per heavy atom. The van der Waals surface area contributed by atoms with Gasteiger partial charge in [0.15, 0.2) is 0 Å². The number of nitrogens with one attached hydrogen (secondary N) is 1. The molecule has 0 spiro atoms. The van der Waals surface area contributed by atoms with Crippen molar-refractivity contribution in [3.8, 4) is 0 Å². The Morgan fingerprint density at radius 2 is 1.50 bits per heavy atom. The molecule has 0 fully saturated rings. The van der Waals surface area contributed by atoms with Crippen molar-refractivity contribution in [1.82, 2.24) is 5.43 Å². The number of aliphatic imine (C=N–C) groups is 1. The van der Waals surface area contributed by atoms with E-state index in [2.05, 4.69) is 28.5 Å². The SMILES string of the molecule is CC/C=C/C(=N/NC(=NC)c1ccc(N)cc1)c1ccc(N)cc1. The molecule has 0 radical (unpaired) electrons. The topological polar surface area (TPSA) is 88.8 Å². The number of amidine groups is 1. The maximum Gasteiger partial charge on any atom is 0.148 e. The minimum atomic E-state index is 0.674. The van der Waals surface area contributed by atoms with Crippen LogP contribution in [0.25, 0.3) is 0 Å². The van der Waals surface area contributed by atoms with E-state index in [0.29, 0.717) is 11.5 Å². The van der Waals surface area contributed by atoms with Gasteiger partial charge in [-0.2, -0.15) is 5.10 Å². The molecule has 2 aromatic rings. The number of hydrogen-bond donors (Lipinski definition) is 3. The molecule has 0 atom stereocenters. The molecule has 124 valence electrons. The lowest BCUT2D eigenvalue weighted by atomic mass is 10.1. The monoisotopic (exact) mass is 321 g/mol. The van der Waals surface area contributed by atoms with Gasteiger partial charge in [0.2, 0.25) is 0 Å². The van der Waals surface area contributed by atoms with Gasteiger partial charge < -0.3 is 11.5 Å². The minimum Gasteiger partial charge on any atom is -0.399 e. The number of allylic oxidation sites excluding steroid dienone is 2. The van der Waals surface area contributed by atoms with Gasteiger partial charge in [0.25, 0.3) is 0 Å². The zero-order chi connectivity index (χ0) is 17.4. The van der Waals surface area contributed by atoms with Crippen LogP contribution >= 0.6 is 0 Å². The second-order valence-electron chi connectivity index (χ2n) is 5.24. The minimum absolute atomic E-state index is 0.674. The molecule has 0 aliphatic heterocycles. The average molecular weight is 321 g/mol. The standard InChI is InChI=1S/C19H23N5/c1-3-4-5-18(14-6-10-16(20)11-7-14)23-24-19(22-2)15-8-12-17(21)13-9-15/h4-13H,3,20-21H2,1-2H3,(H,22,24)/b5-4+,23-18-. The van der Waals surface area contributed by atoms with E-state index in [1.165, 1.54) is 0 Å². The fourth-order valence-corrected chi connectivity index (χ4v) is 2.08. The second kappa shape index (κ2) is 8.53. The number of nitrogens with zero attached hydrogens (tertiary/aromatic N) is 2. The Balaban J connectivity index is 2.26. The summed E-state index contributed by atoms with van der Waals surface area (Å²) in [6.45, 7) is 2.08. The summed E-state index contributed by atoms with van der Waals surface area (Å²) in [5.41, 5.74) is 18.7. The van der Waals surface area contributed by atoms with Crippen LogP contribution < -0.4 is 16.9 Å². The molecule has 2 rings (SSSR count). The van der Waals surface area contributed by atoms with Crippen molar-refractivity contribution in [2.24, 2.45) is 10.1 Å². The number of nitrogen functional groups attached to an aromatic ring is 2. The van der Waals surface area contributed by atoms with Gasteiger partial charge in [0.1, 0.15) is 5.84 Å². The number of anilines is 2. The third kappa shape index (κ3) is 4.71. The lowest BCUT2D eigenvalue weighted by Gasteiger charge is -2.08. The average Bonchev–Trinajstić information content (AvgIpc) is 2.60. The van der Waals surface area contributed by atoms with Crippen LogP contribution in [0.1, 0.15) is 24.5 Å². The van der Waals surface area contributed by atoms with Gasteiger partial charge in [0, 0.05) is 29.5 Å². The lowest BCUT2D eigenvalue weighted by molar-refractivity contribution is 1.02. The van der Waals surface area contributed by atoms with Crippen molar-refractivity contribution >= 4 is 22.9 Å². The molecule has 0 saturated heterocycles. The number of nitrogens with two attached hydrogens (primary N) is 2. The van der Waals surface area contributed by atoms with Crippen molar-refractivity contribution in [2.45, 2.75) is 13.3 Å². The maximum atomic E-state index is 5.76. The molecule has 0 aliphatic carbocycles. The molecule has 0 bridgehead atoms. The van der Waals surface area contributed by atoms with E-state index in [0.717, 1.165) is 28.9 Å². The van der Waals surface area contributed by atoms with Crippen LogP contribution in [-0.4, -0.2) is 18.6 Å². The molecule has 2 aromatic carbocycles. The number of hydrazone groups is 1. The van der Waals surface area contributed by atoms with Crippen LogP contribution in [0, 0.1) is 0 Å². The summed E-state index contributed by atoms with van der Waals surface area (Å²) in [6, 6.07) is 15.1. The van der Waals surface area contributed by atoms with Crippen LogP contribution in [0.15, 0.2) is 70.8 Å². The first-order valence-electron chi connectivity index (χ1n) is 7.83. The number of hydrogen-bond acceptors (Lipinski definition) is 4. The summed E-state index contributed by atoms with van der Waals surface area (Å²) >= 11 is 0. The molecular weight excluding hydrogens is 298 g/mol. The zero-order valence-corrected chi connectivity index (χ0v) is 14.0. The van der Waals surface area contributed by atoms with E-state index < -0.39 is 0 Å². The zero-order valence-electron chi connectivity index (χ0n) is 14.0. The Bertz CT molecular complexity index is 740. The first-order chi connectivity index (χ1) is 11.6. The predicted molar refractivity (Wildman–Crippen MR) is 103 cm³/mol. The Hall–Kier alpha value is -3.08. The summed E-state index contributed by atoms with van der Waals surface area (Å²) in [7, 11) is 1.72. The van der Waals surface area contributed by atoms with Crippen molar-refractivity contribution in [3.05, 3.63) is 71.8 Å². The van der Waals surface area contributed by atoms with Gasteiger partial charge >= 0.3 is 0 Å². The van der Waals surface area contributed by atoms with Crippen molar-refractivity contribution in [2.75, 3.05) is 18.5 Å². The third-order valence-corrected chi connectivity index (χ3v) is 3.41. The molecule has 0 saturated carbocycles. The van der Waals surface area contributed by atoms with Gasteiger partial charge in [-0.1, -0.05) is 25.1 Å². The predicted octanol–water partition coefficient (Wildman–Crippen LogP) is 3.19. The highest BCUT2D eigenvalue weighted by molar-refractivity contribution is 6.09. The molecule has 0 heterocycles. The van der Waals surface area contributed by atoms with Crippen LogP contribution in [0.5, 0.6) is 0 Å². The summed E-state index contributed by atoms with van der Waals surface area (Å²) in [5.74, 6) is 0.674. The largest absolute Gasteiger partial charge is 0.399 e. The molecule has 5 nitrogen and oxygen atoms in total. The fraction of sp³-hybridized carbons (Fsp3) is 0.158. The van der Waals surface area contributed by atoms with Crippen LogP contribution in [0.3, 0.4) is 0 Å². The van der Waals surface area contributed by atoms with Gasteiger partial charge in [0.05, 0.1) is 5.71 Å². The molecular formula is C19H23N5. The van der Waals surface area contributed by atoms with Gasteiger partial charge in [-0.3, -0.25) is 10.4 Å². The van der Waals surface area contributed by atoms with Crippen LogP contribution in [-0.2, 0) is 0 Å². The first-order valence-corrected chi connectivity index (χ1v) is 7.83. The highest BCUT2D eigenvalue weighted by Crippen LogP contribution is 2.09. The Morgan fingerprint density at radius 3 is 2.00 bits per heavy atom.